The van der Waals surface area contributed by atoms with Gasteiger partial charge in [-0.05, 0) is 48.8 Å². The summed E-state index contributed by atoms with van der Waals surface area (Å²) in [6.45, 7) is 2.53. The first kappa shape index (κ1) is 15.8. The van der Waals surface area contributed by atoms with Crippen LogP contribution in [0.1, 0.15) is 42.9 Å². The molecule has 0 spiro atoms. The summed E-state index contributed by atoms with van der Waals surface area (Å²) >= 11 is 0. The monoisotopic (exact) mass is 313 g/mol. The molecule has 1 saturated heterocycles. The number of aliphatic hydroxyl groups is 1. The number of fused-ring (bicyclic) bond motifs is 2. The van der Waals surface area contributed by atoms with Crippen LogP contribution in [-0.4, -0.2) is 29.6 Å². The van der Waals surface area contributed by atoms with Gasteiger partial charge in [0.1, 0.15) is 0 Å². The van der Waals surface area contributed by atoms with Crippen molar-refractivity contribution in [3.63, 3.8) is 0 Å². The molecule has 0 aromatic heterocycles. The summed E-state index contributed by atoms with van der Waals surface area (Å²) < 4.78 is 37.7. The van der Waals surface area contributed by atoms with Crippen molar-refractivity contribution in [2.24, 2.45) is 11.8 Å². The summed E-state index contributed by atoms with van der Waals surface area (Å²) in [6, 6.07) is 4.86. The van der Waals surface area contributed by atoms with Crippen molar-refractivity contribution in [2.45, 2.75) is 38.0 Å². The second-order valence-corrected chi connectivity index (χ2v) is 6.75. The lowest BCUT2D eigenvalue weighted by Crippen LogP contribution is -2.44. The predicted octanol–water partition coefficient (Wildman–Crippen LogP) is 3.86. The van der Waals surface area contributed by atoms with E-state index in [4.69, 9.17) is 0 Å². The summed E-state index contributed by atoms with van der Waals surface area (Å²) in [4.78, 5) is 2.28. The third-order valence-corrected chi connectivity index (χ3v) is 4.98. The number of hydrogen-bond donors (Lipinski definition) is 1. The van der Waals surface area contributed by atoms with Crippen LogP contribution in [-0.2, 0) is 6.18 Å². The number of aliphatic hydroxyl groups excluding tert-OH is 1. The highest BCUT2D eigenvalue weighted by Gasteiger charge is 2.32. The van der Waals surface area contributed by atoms with Gasteiger partial charge in [0.05, 0.1) is 11.7 Å². The molecule has 5 heteroatoms. The van der Waals surface area contributed by atoms with E-state index >= 15 is 0 Å². The first-order valence-electron chi connectivity index (χ1n) is 7.99. The van der Waals surface area contributed by atoms with Crippen molar-refractivity contribution in [3.8, 4) is 0 Å². The lowest BCUT2D eigenvalue weighted by molar-refractivity contribution is -0.137. The molecule has 1 heterocycles. The van der Waals surface area contributed by atoms with Gasteiger partial charge in [-0.2, -0.15) is 13.2 Å². The first-order chi connectivity index (χ1) is 10.4. The maximum atomic E-state index is 12.6. The highest BCUT2D eigenvalue weighted by Crippen LogP contribution is 2.35. The lowest BCUT2D eigenvalue weighted by Gasteiger charge is -2.42. The Balaban J connectivity index is 1.61. The van der Waals surface area contributed by atoms with Crippen LogP contribution in [0.15, 0.2) is 24.3 Å². The van der Waals surface area contributed by atoms with Crippen molar-refractivity contribution in [3.05, 3.63) is 35.4 Å². The summed E-state index contributed by atoms with van der Waals surface area (Å²) in [5, 5.41) is 10.3. The van der Waals surface area contributed by atoms with Gasteiger partial charge in [0.25, 0.3) is 0 Å². The largest absolute Gasteiger partial charge is 0.416 e. The van der Waals surface area contributed by atoms with Gasteiger partial charge in [-0.25, -0.2) is 0 Å². The number of halogens is 3. The van der Waals surface area contributed by atoms with Crippen molar-refractivity contribution in [2.75, 3.05) is 19.6 Å². The summed E-state index contributed by atoms with van der Waals surface area (Å²) in [5.41, 5.74) is -0.111. The lowest BCUT2D eigenvalue weighted by atomic mass is 9.78. The Morgan fingerprint density at radius 1 is 1.09 bits per heavy atom. The van der Waals surface area contributed by atoms with E-state index in [9.17, 15) is 18.3 Å². The fourth-order valence-corrected chi connectivity index (χ4v) is 3.93. The third-order valence-electron chi connectivity index (χ3n) is 4.98. The van der Waals surface area contributed by atoms with Gasteiger partial charge in [-0.3, -0.25) is 4.90 Å². The smallest absolute Gasteiger partial charge is 0.387 e. The molecule has 122 valence electrons. The minimum absolute atomic E-state index is 0.512. The topological polar surface area (TPSA) is 23.5 Å². The quantitative estimate of drug-likeness (QED) is 0.916. The Kier molecular flexibility index (Phi) is 4.46. The number of nitrogens with zero attached hydrogens (tertiary/aromatic N) is 1. The van der Waals surface area contributed by atoms with Gasteiger partial charge in [0.2, 0.25) is 0 Å². The second-order valence-electron chi connectivity index (χ2n) is 6.75. The van der Waals surface area contributed by atoms with E-state index in [-0.39, 0.29) is 0 Å². The zero-order chi connectivity index (χ0) is 15.7. The molecule has 1 aromatic carbocycles. The molecule has 1 saturated carbocycles. The second kappa shape index (κ2) is 6.20. The van der Waals surface area contributed by atoms with Crippen molar-refractivity contribution < 1.29 is 18.3 Å². The van der Waals surface area contributed by atoms with E-state index in [0.29, 0.717) is 12.1 Å². The molecule has 2 aliphatic rings. The number of benzene rings is 1. The zero-order valence-corrected chi connectivity index (χ0v) is 12.5. The first-order valence-corrected chi connectivity index (χ1v) is 7.99. The molecule has 1 aromatic rings. The molecule has 1 N–H and O–H groups in total. The minimum Gasteiger partial charge on any atom is -0.387 e. The number of alkyl halides is 3. The summed E-state index contributed by atoms with van der Waals surface area (Å²) in [7, 11) is 0. The molecule has 1 aliphatic carbocycles. The van der Waals surface area contributed by atoms with Crippen LogP contribution >= 0.6 is 0 Å². The van der Waals surface area contributed by atoms with Crippen LogP contribution in [0, 0.1) is 11.8 Å². The van der Waals surface area contributed by atoms with E-state index in [1.54, 1.807) is 0 Å². The number of hydrogen-bond acceptors (Lipinski definition) is 2. The molecular formula is C17H22F3NO. The average Bonchev–Trinajstić information content (AvgIpc) is 2.46. The summed E-state index contributed by atoms with van der Waals surface area (Å²) in [5.74, 6) is 1.46. The van der Waals surface area contributed by atoms with Crippen LogP contribution in [0.4, 0.5) is 13.2 Å². The molecule has 2 unspecified atom stereocenters. The highest BCUT2D eigenvalue weighted by atomic mass is 19.4. The molecule has 0 amide bonds. The Morgan fingerprint density at radius 3 is 2.23 bits per heavy atom. The molecule has 2 bridgehead atoms. The van der Waals surface area contributed by atoms with E-state index < -0.39 is 17.8 Å². The van der Waals surface area contributed by atoms with Crippen LogP contribution in [0.2, 0.25) is 0 Å². The van der Waals surface area contributed by atoms with E-state index in [1.807, 2.05) is 0 Å². The molecule has 2 nitrogen and oxygen atoms in total. The fraction of sp³-hybridized carbons (Fsp3) is 0.647. The number of piperidine rings is 1. The Hall–Kier alpha value is -1.07. The predicted molar refractivity (Wildman–Crippen MR) is 78.3 cm³/mol. The highest BCUT2D eigenvalue weighted by molar-refractivity contribution is 5.26. The maximum absolute atomic E-state index is 12.6. The van der Waals surface area contributed by atoms with Crippen LogP contribution in [0.5, 0.6) is 0 Å². The van der Waals surface area contributed by atoms with Gasteiger partial charge in [-0.15, -0.1) is 0 Å². The number of β-amino-alcohol motifs (C(OH)–C–C–N with tert-alkyl or cyclic N) is 1. The molecule has 22 heavy (non-hydrogen) atoms. The minimum atomic E-state index is -4.33. The molecular weight excluding hydrogens is 291 g/mol. The van der Waals surface area contributed by atoms with Crippen LogP contribution in [0.25, 0.3) is 0 Å². The van der Waals surface area contributed by atoms with E-state index in [1.165, 1.54) is 37.8 Å². The Labute approximate surface area is 128 Å². The maximum Gasteiger partial charge on any atom is 0.416 e. The van der Waals surface area contributed by atoms with Crippen LogP contribution < -0.4 is 0 Å². The van der Waals surface area contributed by atoms with Gasteiger partial charge >= 0.3 is 6.18 Å². The van der Waals surface area contributed by atoms with Gasteiger partial charge in [0, 0.05) is 19.6 Å². The van der Waals surface area contributed by atoms with E-state index in [0.717, 1.165) is 37.1 Å². The molecule has 3 rings (SSSR count). The number of likely N-dealkylation sites (tertiary alicyclic amines) is 1. The average molecular weight is 313 g/mol. The van der Waals surface area contributed by atoms with Crippen molar-refractivity contribution in [1.82, 2.24) is 4.90 Å². The Bertz CT molecular complexity index is 488. The number of rotatable bonds is 3. The molecule has 0 radical (unpaired) electrons. The molecule has 3 atom stereocenters. The van der Waals surface area contributed by atoms with Gasteiger partial charge in [-0.1, -0.05) is 18.6 Å². The molecule has 2 fully saturated rings. The summed E-state index contributed by atoms with van der Waals surface area (Å²) in [6.07, 6.45) is 0.0963. The zero-order valence-electron chi connectivity index (χ0n) is 12.5. The van der Waals surface area contributed by atoms with Crippen molar-refractivity contribution >= 4 is 0 Å². The van der Waals surface area contributed by atoms with Crippen LogP contribution in [0.3, 0.4) is 0 Å². The Morgan fingerprint density at radius 2 is 1.68 bits per heavy atom. The van der Waals surface area contributed by atoms with Crippen molar-refractivity contribution in [1.29, 1.82) is 0 Å². The van der Waals surface area contributed by atoms with Gasteiger partial charge in [0.15, 0.2) is 0 Å². The normalized spacial score (nSPS) is 27.6. The van der Waals surface area contributed by atoms with Gasteiger partial charge < -0.3 is 5.11 Å². The molecule has 1 aliphatic heterocycles. The third kappa shape index (κ3) is 3.63. The van der Waals surface area contributed by atoms with E-state index in [2.05, 4.69) is 4.90 Å². The standard InChI is InChI=1S/C17H22F3NO/c18-17(19,20)15-6-4-14(5-7-15)16(22)11-21-9-12-2-1-3-13(8-12)10-21/h4-7,12-13,16,22H,1-3,8-11H2/t12?,13?,16-/m0/s1. The fourth-order valence-electron chi connectivity index (χ4n) is 3.93. The SMILES string of the molecule is O[C@@H](CN1CC2CCCC(C2)C1)c1ccc(C(F)(F)F)cc1.